The summed E-state index contributed by atoms with van der Waals surface area (Å²) in [5, 5.41) is 5.78. The third-order valence-corrected chi connectivity index (χ3v) is 5.64. The van der Waals surface area contributed by atoms with Gasteiger partial charge in [-0.3, -0.25) is 9.58 Å². The van der Waals surface area contributed by atoms with E-state index in [2.05, 4.69) is 10.00 Å². The number of hydrogen-bond acceptors (Lipinski definition) is 4. The normalized spacial score (nSPS) is 19.0. The number of rotatable bonds is 6. The first kappa shape index (κ1) is 18.1. The number of ether oxygens (including phenoxy) is 1. The van der Waals surface area contributed by atoms with Gasteiger partial charge >= 0.3 is 0 Å². The molecular formula is C19H24Cl2N4O. The minimum atomic E-state index is 0.561. The van der Waals surface area contributed by atoms with E-state index in [4.69, 9.17) is 32.9 Å². The highest BCUT2D eigenvalue weighted by molar-refractivity contribution is 6.34. The van der Waals surface area contributed by atoms with Crippen molar-refractivity contribution in [3.63, 3.8) is 0 Å². The van der Waals surface area contributed by atoms with E-state index in [9.17, 15) is 0 Å². The second-order valence-electron chi connectivity index (χ2n) is 7.42. The van der Waals surface area contributed by atoms with E-state index in [1.807, 2.05) is 23.9 Å². The fourth-order valence-corrected chi connectivity index (χ4v) is 3.93. The molecule has 26 heavy (non-hydrogen) atoms. The highest BCUT2D eigenvalue weighted by atomic mass is 35.5. The fraction of sp³-hybridized carbons (Fsp3) is 0.579. The van der Waals surface area contributed by atoms with Gasteiger partial charge in [0.05, 0.1) is 13.2 Å². The van der Waals surface area contributed by atoms with Crippen molar-refractivity contribution in [2.75, 3.05) is 19.7 Å². The highest BCUT2D eigenvalue weighted by Crippen LogP contribution is 2.38. The molecule has 0 atom stereocenters. The molecule has 1 aliphatic heterocycles. The summed E-state index contributed by atoms with van der Waals surface area (Å²) in [5.41, 5.74) is 0. The molecule has 1 aliphatic carbocycles. The van der Waals surface area contributed by atoms with Crippen LogP contribution < -0.4 is 4.74 Å². The third-order valence-electron chi connectivity index (χ3n) is 5.21. The summed E-state index contributed by atoms with van der Waals surface area (Å²) in [6.45, 7) is 3.72. The standard InChI is InChI=1S/C19H24Cl2N4O/c1-24-18(22-19(23-24)14-2-3-14)11-25-6-4-13(5-7-25)12-26-17-9-15(20)8-16(21)10-17/h8-10,13-14H,2-7,11-12H2,1H3. The molecule has 4 rings (SSSR count). The highest BCUT2D eigenvalue weighted by Gasteiger charge is 2.29. The summed E-state index contributed by atoms with van der Waals surface area (Å²) >= 11 is 12.0. The van der Waals surface area contributed by atoms with Gasteiger partial charge in [0.2, 0.25) is 0 Å². The average molecular weight is 395 g/mol. The van der Waals surface area contributed by atoms with Crippen molar-refractivity contribution in [3.8, 4) is 5.75 Å². The van der Waals surface area contributed by atoms with Crippen LogP contribution in [0, 0.1) is 5.92 Å². The molecule has 0 amide bonds. The third kappa shape index (κ3) is 4.51. The predicted octanol–water partition coefficient (Wildman–Crippen LogP) is 4.29. The molecule has 2 aromatic rings. The number of aromatic nitrogens is 3. The van der Waals surface area contributed by atoms with Crippen LogP contribution >= 0.6 is 23.2 Å². The van der Waals surface area contributed by atoms with Gasteiger partial charge in [-0.05, 0) is 62.9 Å². The zero-order valence-corrected chi connectivity index (χ0v) is 16.5. The number of hydrogen-bond donors (Lipinski definition) is 0. The Hall–Kier alpha value is -1.30. The van der Waals surface area contributed by atoms with Crippen LogP contribution in [0.3, 0.4) is 0 Å². The number of likely N-dealkylation sites (tertiary alicyclic amines) is 1. The van der Waals surface area contributed by atoms with E-state index in [-0.39, 0.29) is 0 Å². The molecule has 1 aromatic heterocycles. The summed E-state index contributed by atoms with van der Waals surface area (Å²) in [6.07, 6.45) is 4.74. The summed E-state index contributed by atoms with van der Waals surface area (Å²) in [4.78, 5) is 7.20. The topological polar surface area (TPSA) is 43.2 Å². The van der Waals surface area contributed by atoms with E-state index in [1.54, 1.807) is 6.07 Å². The predicted molar refractivity (Wildman–Crippen MR) is 103 cm³/mol. The Morgan fingerprint density at radius 3 is 2.42 bits per heavy atom. The molecule has 1 saturated heterocycles. The van der Waals surface area contributed by atoms with Gasteiger partial charge in [-0.2, -0.15) is 5.10 Å². The maximum atomic E-state index is 6.02. The minimum Gasteiger partial charge on any atom is -0.493 e. The smallest absolute Gasteiger partial charge is 0.154 e. The number of nitrogens with zero attached hydrogens (tertiary/aromatic N) is 4. The summed E-state index contributed by atoms with van der Waals surface area (Å²) in [5.74, 6) is 4.03. The van der Waals surface area contributed by atoms with Gasteiger partial charge in [-0.15, -0.1) is 0 Å². The number of aryl methyl sites for hydroxylation is 1. The lowest BCUT2D eigenvalue weighted by Crippen LogP contribution is -2.35. The van der Waals surface area contributed by atoms with Crippen LogP contribution in [0.2, 0.25) is 10.0 Å². The van der Waals surface area contributed by atoms with Gasteiger partial charge < -0.3 is 4.74 Å². The van der Waals surface area contributed by atoms with Crippen molar-refractivity contribution in [1.29, 1.82) is 0 Å². The monoisotopic (exact) mass is 394 g/mol. The van der Waals surface area contributed by atoms with Crippen molar-refractivity contribution in [3.05, 3.63) is 39.9 Å². The molecule has 0 N–H and O–H groups in total. The molecule has 7 heteroatoms. The fourth-order valence-electron chi connectivity index (χ4n) is 3.43. The van der Waals surface area contributed by atoms with Crippen LogP contribution in [0.25, 0.3) is 0 Å². The molecular weight excluding hydrogens is 371 g/mol. The Morgan fingerprint density at radius 2 is 1.77 bits per heavy atom. The van der Waals surface area contributed by atoms with Gasteiger partial charge in [0.15, 0.2) is 5.82 Å². The minimum absolute atomic E-state index is 0.561. The van der Waals surface area contributed by atoms with Crippen LogP contribution in [0.1, 0.15) is 43.3 Å². The Balaban J connectivity index is 1.25. The van der Waals surface area contributed by atoms with Gasteiger partial charge in [-0.25, -0.2) is 4.98 Å². The number of benzene rings is 1. The summed E-state index contributed by atoms with van der Waals surface area (Å²) in [6, 6.07) is 5.34. The second-order valence-corrected chi connectivity index (χ2v) is 8.29. The average Bonchev–Trinajstić information content (AvgIpc) is 3.38. The molecule has 0 unspecified atom stereocenters. The van der Waals surface area contributed by atoms with E-state index < -0.39 is 0 Å². The first-order valence-corrected chi connectivity index (χ1v) is 10.0. The van der Waals surface area contributed by atoms with Crippen LogP contribution in [-0.2, 0) is 13.6 Å². The Kier molecular flexibility index (Phi) is 5.39. The molecule has 1 saturated carbocycles. The van der Waals surface area contributed by atoms with Crippen molar-refractivity contribution < 1.29 is 4.74 Å². The van der Waals surface area contributed by atoms with Crippen LogP contribution in [0.15, 0.2) is 18.2 Å². The lowest BCUT2D eigenvalue weighted by atomic mass is 9.98. The van der Waals surface area contributed by atoms with Gasteiger partial charge in [0.25, 0.3) is 0 Å². The van der Waals surface area contributed by atoms with Crippen molar-refractivity contribution >= 4 is 23.2 Å². The molecule has 5 nitrogen and oxygen atoms in total. The zero-order valence-electron chi connectivity index (χ0n) is 15.0. The molecule has 0 bridgehead atoms. The first-order valence-electron chi connectivity index (χ1n) is 9.28. The lowest BCUT2D eigenvalue weighted by molar-refractivity contribution is 0.133. The van der Waals surface area contributed by atoms with Gasteiger partial charge in [0.1, 0.15) is 11.6 Å². The molecule has 140 valence electrons. The van der Waals surface area contributed by atoms with Crippen LogP contribution in [0.5, 0.6) is 5.75 Å². The zero-order chi connectivity index (χ0) is 18.1. The van der Waals surface area contributed by atoms with E-state index in [0.717, 1.165) is 49.9 Å². The maximum Gasteiger partial charge on any atom is 0.154 e. The SMILES string of the molecule is Cn1nc(C2CC2)nc1CN1CCC(COc2cc(Cl)cc(Cl)c2)CC1. The summed E-state index contributed by atoms with van der Waals surface area (Å²) < 4.78 is 7.85. The van der Waals surface area contributed by atoms with Gasteiger partial charge in [0, 0.05) is 23.0 Å². The van der Waals surface area contributed by atoms with Crippen LogP contribution in [0.4, 0.5) is 0 Å². The maximum absolute atomic E-state index is 6.02. The molecule has 2 heterocycles. The molecule has 0 radical (unpaired) electrons. The lowest BCUT2D eigenvalue weighted by Gasteiger charge is -2.31. The van der Waals surface area contributed by atoms with Crippen LogP contribution in [-0.4, -0.2) is 39.4 Å². The van der Waals surface area contributed by atoms with Crippen molar-refractivity contribution in [2.45, 2.75) is 38.1 Å². The van der Waals surface area contributed by atoms with Crippen molar-refractivity contribution in [2.24, 2.45) is 13.0 Å². The Bertz CT molecular complexity index is 747. The van der Waals surface area contributed by atoms with E-state index in [1.165, 1.54) is 12.8 Å². The molecule has 2 fully saturated rings. The Morgan fingerprint density at radius 1 is 1.08 bits per heavy atom. The second kappa shape index (κ2) is 7.75. The first-order chi connectivity index (χ1) is 12.6. The van der Waals surface area contributed by atoms with E-state index >= 15 is 0 Å². The number of halogens is 2. The Labute approximate surface area is 164 Å². The summed E-state index contributed by atoms with van der Waals surface area (Å²) in [7, 11) is 2.00. The van der Waals surface area contributed by atoms with Gasteiger partial charge in [-0.1, -0.05) is 23.2 Å². The molecule has 1 aromatic carbocycles. The molecule has 2 aliphatic rings. The largest absolute Gasteiger partial charge is 0.493 e. The van der Waals surface area contributed by atoms with Crippen molar-refractivity contribution in [1.82, 2.24) is 19.7 Å². The number of piperidine rings is 1. The quantitative estimate of drug-likeness (QED) is 0.732. The van der Waals surface area contributed by atoms with E-state index in [0.29, 0.717) is 28.5 Å². The molecule has 0 spiro atoms.